The summed E-state index contributed by atoms with van der Waals surface area (Å²) in [5, 5.41) is 22.2. The number of aliphatic hydroxyl groups excluding tert-OH is 1. The fourth-order valence-electron chi connectivity index (χ4n) is 3.57. The molecule has 5 heteroatoms. The van der Waals surface area contributed by atoms with Crippen LogP contribution in [0.25, 0.3) is 0 Å². The lowest BCUT2D eigenvalue weighted by Crippen LogP contribution is -3.20. The second kappa shape index (κ2) is 3.68. The normalized spacial score (nSPS) is 47.8. The Hall–Kier alpha value is -0.650. The van der Waals surface area contributed by atoms with Crippen LogP contribution in [0.3, 0.4) is 0 Å². The first-order valence-corrected chi connectivity index (χ1v) is 6.22. The van der Waals surface area contributed by atoms with Crippen molar-refractivity contribution in [1.82, 2.24) is 4.90 Å². The Morgan fingerprint density at radius 2 is 2.06 bits per heavy atom. The summed E-state index contributed by atoms with van der Waals surface area (Å²) < 4.78 is 0. The zero-order chi connectivity index (χ0) is 11.3. The van der Waals surface area contributed by atoms with Gasteiger partial charge >= 0.3 is 0 Å². The van der Waals surface area contributed by atoms with E-state index in [1.165, 1.54) is 0 Å². The molecule has 1 aliphatic carbocycles. The highest BCUT2D eigenvalue weighted by Gasteiger charge is 2.52. The molecule has 16 heavy (non-hydrogen) atoms. The molecule has 0 bridgehead atoms. The Balaban J connectivity index is 1.90. The van der Waals surface area contributed by atoms with Gasteiger partial charge in [0.1, 0.15) is 12.1 Å². The van der Waals surface area contributed by atoms with E-state index >= 15 is 0 Å². The molecule has 2 N–H and O–H groups in total. The van der Waals surface area contributed by atoms with Crippen molar-refractivity contribution in [2.75, 3.05) is 6.54 Å². The number of amides is 1. The van der Waals surface area contributed by atoms with E-state index in [1.54, 1.807) is 4.90 Å². The molecule has 0 aromatic heterocycles. The summed E-state index contributed by atoms with van der Waals surface area (Å²) in [5.74, 6) is 0.0358. The Labute approximate surface area is 94.6 Å². The minimum atomic E-state index is -0.626. The van der Waals surface area contributed by atoms with Crippen molar-refractivity contribution in [3.05, 3.63) is 5.21 Å². The number of nitrogens with zero attached hydrogens (tertiary/aromatic N) is 1. The number of hydroxylamine groups is 2. The first-order chi connectivity index (χ1) is 7.70. The van der Waals surface area contributed by atoms with Gasteiger partial charge in [-0.15, -0.1) is 0 Å². The van der Waals surface area contributed by atoms with Crippen molar-refractivity contribution >= 4 is 5.91 Å². The topological polar surface area (TPSA) is 68.0 Å². The molecule has 2 aliphatic heterocycles. The summed E-state index contributed by atoms with van der Waals surface area (Å²) in [7, 11) is 0. The lowest BCUT2D eigenvalue weighted by molar-refractivity contribution is -0.923. The Morgan fingerprint density at radius 1 is 1.31 bits per heavy atom. The number of carbonyl (C=O) groups excluding carboxylic acids is 1. The molecule has 5 nitrogen and oxygen atoms in total. The van der Waals surface area contributed by atoms with Crippen molar-refractivity contribution in [2.24, 2.45) is 5.92 Å². The lowest BCUT2D eigenvalue weighted by atomic mass is 9.81. The second-order valence-electron chi connectivity index (χ2n) is 5.23. The SMILES string of the molecule is O=C1C2CCCCC2[NH+]([O-])C2C(O)CCN12. The quantitative estimate of drug-likeness (QED) is 0.513. The Kier molecular flexibility index (Phi) is 2.42. The number of hydrogen-bond donors (Lipinski definition) is 2. The number of fused-ring (bicyclic) bond motifs is 2. The van der Waals surface area contributed by atoms with E-state index in [9.17, 15) is 15.1 Å². The summed E-state index contributed by atoms with van der Waals surface area (Å²) in [6.45, 7) is 0.555. The fraction of sp³-hybridized carbons (Fsp3) is 0.909. The van der Waals surface area contributed by atoms with Crippen LogP contribution in [0, 0.1) is 11.1 Å². The van der Waals surface area contributed by atoms with Crippen LogP contribution in [-0.2, 0) is 4.79 Å². The highest BCUT2D eigenvalue weighted by molar-refractivity contribution is 5.80. The number of nitrogens with one attached hydrogen (secondary N) is 1. The van der Waals surface area contributed by atoms with Crippen LogP contribution in [-0.4, -0.2) is 40.8 Å². The Morgan fingerprint density at radius 3 is 2.88 bits per heavy atom. The van der Waals surface area contributed by atoms with Crippen molar-refractivity contribution < 1.29 is 15.0 Å². The maximum atomic E-state index is 12.2. The number of rotatable bonds is 0. The van der Waals surface area contributed by atoms with Gasteiger partial charge in [-0.25, -0.2) is 0 Å². The number of aliphatic hydroxyl groups is 1. The molecule has 90 valence electrons. The van der Waals surface area contributed by atoms with Crippen LogP contribution >= 0.6 is 0 Å². The minimum Gasteiger partial charge on any atom is -0.632 e. The number of carbonyl (C=O) groups is 1. The van der Waals surface area contributed by atoms with Crippen LogP contribution in [0.1, 0.15) is 32.1 Å². The van der Waals surface area contributed by atoms with Gasteiger partial charge in [-0.1, -0.05) is 6.42 Å². The van der Waals surface area contributed by atoms with Crippen LogP contribution in [0.2, 0.25) is 0 Å². The molecule has 3 fully saturated rings. The molecule has 5 unspecified atom stereocenters. The number of quaternary nitrogens is 1. The Bertz CT molecular complexity index is 304. The summed E-state index contributed by atoms with van der Waals surface area (Å²) in [5.41, 5.74) is 0. The summed E-state index contributed by atoms with van der Waals surface area (Å²) in [6.07, 6.45) is 3.21. The average Bonchev–Trinajstić information content (AvgIpc) is 2.69. The van der Waals surface area contributed by atoms with E-state index < -0.39 is 12.3 Å². The molecular formula is C11H18N2O3. The van der Waals surface area contributed by atoms with Gasteiger partial charge in [0, 0.05) is 13.0 Å². The third kappa shape index (κ3) is 1.31. The molecular weight excluding hydrogens is 208 g/mol. The van der Waals surface area contributed by atoms with E-state index in [-0.39, 0.29) is 22.9 Å². The highest BCUT2D eigenvalue weighted by Crippen LogP contribution is 2.30. The maximum Gasteiger partial charge on any atom is 0.236 e. The van der Waals surface area contributed by atoms with Crippen molar-refractivity contribution in [2.45, 2.75) is 50.4 Å². The molecule has 1 amide bonds. The monoisotopic (exact) mass is 226 g/mol. The van der Waals surface area contributed by atoms with E-state index in [2.05, 4.69) is 0 Å². The van der Waals surface area contributed by atoms with Gasteiger partial charge in [-0.05, 0) is 19.3 Å². The first-order valence-electron chi connectivity index (χ1n) is 6.22. The van der Waals surface area contributed by atoms with Crippen LogP contribution in [0.15, 0.2) is 0 Å². The van der Waals surface area contributed by atoms with Gasteiger partial charge in [-0.3, -0.25) is 9.69 Å². The molecule has 3 aliphatic rings. The fourth-order valence-corrected chi connectivity index (χ4v) is 3.57. The molecule has 2 saturated heterocycles. The van der Waals surface area contributed by atoms with Gasteiger partial charge in [-0.2, -0.15) is 0 Å². The largest absolute Gasteiger partial charge is 0.632 e. The van der Waals surface area contributed by atoms with E-state index in [4.69, 9.17) is 0 Å². The van der Waals surface area contributed by atoms with E-state index in [1.807, 2.05) is 0 Å². The molecule has 0 aromatic carbocycles. The summed E-state index contributed by atoms with van der Waals surface area (Å²) in [6, 6.07) is -0.102. The number of hydrogen-bond acceptors (Lipinski definition) is 3. The molecule has 0 spiro atoms. The van der Waals surface area contributed by atoms with E-state index in [0.29, 0.717) is 13.0 Å². The van der Waals surface area contributed by atoms with Gasteiger partial charge in [0.15, 0.2) is 6.17 Å². The molecule has 1 saturated carbocycles. The summed E-state index contributed by atoms with van der Waals surface area (Å²) >= 11 is 0. The molecule has 5 atom stereocenters. The minimum absolute atomic E-state index is 0.0807. The van der Waals surface area contributed by atoms with Crippen molar-refractivity contribution in [3.8, 4) is 0 Å². The smallest absolute Gasteiger partial charge is 0.236 e. The standard InChI is InChI=1S/C11H18N2O3/c14-9-5-6-12-10(9)13(16)8-4-2-1-3-7(8)11(12)15/h7-10,13-14H,1-6H2. The second-order valence-corrected chi connectivity index (χ2v) is 5.23. The average molecular weight is 226 g/mol. The molecule has 3 rings (SSSR count). The molecule has 2 heterocycles. The zero-order valence-corrected chi connectivity index (χ0v) is 9.26. The zero-order valence-electron chi connectivity index (χ0n) is 9.26. The summed E-state index contributed by atoms with van der Waals surface area (Å²) in [4.78, 5) is 13.8. The maximum absolute atomic E-state index is 12.2. The van der Waals surface area contributed by atoms with E-state index in [0.717, 1.165) is 25.7 Å². The van der Waals surface area contributed by atoms with Gasteiger partial charge < -0.3 is 15.4 Å². The third-order valence-electron chi connectivity index (χ3n) is 4.39. The van der Waals surface area contributed by atoms with Crippen molar-refractivity contribution in [1.29, 1.82) is 0 Å². The van der Waals surface area contributed by atoms with Crippen LogP contribution < -0.4 is 5.06 Å². The molecule has 0 aromatic rings. The van der Waals surface area contributed by atoms with Crippen LogP contribution in [0.4, 0.5) is 0 Å². The van der Waals surface area contributed by atoms with Gasteiger partial charge in [0.25, 0.3) is 0 Å². The predicted molar refractivity (Wildman–Crippen MR) is 56.2 cm³/mol. The van der Waals surface area contributed by atoms with Gasteiger partial charge in [0.2, 0.25) is 5.91 Å². The predicted octanol–water partition coefficient (Wildman–Crippen LogP) is -1.14. The molecule has 0 radical (unpaired) electrons. The van der Waals surface area contributed by atoms with Gasteiger partial charge in [0.05, 0.1) is 5.92 Å². The lowest BCUT2D eigenvalue weighted by Gasteiger charge is -2.50. The van der Waals surface area contributed by atoms with Crippen molar-refractivity contribution in [3.63, 3.8) is 0 Å². The highest BCUT2D eigenvalue weighted by atomic mass is 16.5. The third-order valence-corrected chi connectivity index (χ3v) is 4.39. The van der Waals surface area contributed by atoms with Crippen LogP contribution in [0.5, 0.6) is 0 Å². The first kappa shape index (κ1) is 10.5.